The number of nitrogens with zero attached hydrogens (tertiary/aromatic N) is 1. The molecule has 5 heteroatoms. The van der Waals surface area contributed by atoms with E-state index in [-0.39, 0.29) is 4.87 Å². The molecule has 1 saturated heterocycles. The Morgan fingerprint density at radius 3 is 3.06 bits per heavy atom. The van der Waals surface area contributed by atoms with Crippen LogP contribution in [0.2, 0.25) is 0 Å². The molecule has 1 fully saturated rings. The molecule has 4 nitrogen and oxygen atoms in total. The number of hydrogen-bond acceptors (Lipinski definition) is 4. The van der Waals surface area contributed by atoms with E-state index in [9.17, 15) is 4.79 Å². The molecule has 1 aliphatic rings. The molecule has 1 aromatic heterocycles. The van der Waals surface area contributed by atoms with Gasteiger partial charge in [-0.15, -0.1) is 0 Å². The van der Waals surface area contributed by atoms with Gasteiger partial charge in [-0.25, -0.2) is 0 Å². The van der Waals surface area contributed by atoms with Crippen LogP contribution in [0.25, 0.3) is 0 Å². The first-order valence-corrected chi connectivity index (χ1v) is 7.21. The minimum absolute atomic E-state index is 0.0490. The predicted octanol–water partition coefficient (Wildman–Crippen LogP) is 1.40. The van der Waals surface area contributed by atoms with Crippen LogP contribution in [0, 0.1) is 0 Å². The number of aromatic amines is 1. The standard InChI is InChI=1S/C12H21N3OS/c1-3-4-10-6-15(9(2)5-13-10)7-11-8-17-12(16)14-11/h8-10,13H,3-7H2,1-2H3,(H,14,16). The van der Waals surface area contributed by atoms with Gasteiger partial charge in [-0.2, -0.15) is 0 Å². The van der Waals surface area contributed by atoms with Crippen molar-refractivity contribution in [2.24, 2.45) is 0 Å². The van der Waals surface area contributed by atoms with Crippen molar-refractivity contribution in [2.75, 3.05) is 13.1 Å². The third kappa shape index (κ3) is 3.40. The molecule has 17 heavy (non-hydrogen) atoms. The largest absolute Gasteiger partial charge is 0.315 e. The summed E-state index contributed by atoms with van der Waals surface area (Å²) in [6, 6.07) is 1.13. The molecule has 2 heterocycles. The van der Waals surface area contributed by atoms with Crippen LogP contribution in [0.1, 0.15) is 32.4 Å². The van der Waals surface area contributed by atoms with Crippen LogP contribution in [0.5, 0.6) is 0 Å². The van der Waals surface area contributed by atoms with Crippen LogP contribution >= 0.6 is 11.3 Å². The summed E-state index contributed by atoms with van der Waals surface area (Å²) in [6.45, 7) is 7.44. The first kappa shape index (κ1) is 12.8. The van der Waals surface area contributed by atoms with Gasteiger partial charge in [-0.3, -0.25) is 9.69 Å². The maximum Gasteiger partial charge on any atom is 0.304 e. The van der Waals surface area contributed by atoms with Crippen LogP contribution in [0.15, 0.2) is 10.2 Å². The molecule has 2 atom stereocenters. The summed E-state index contributed by atoms with van der Waals surface area (Å²) in [6.07, 6.45) is 2.44. The highest BCUT2D eigenvalue weighted by molar-refractivity contribution is 7.07. The maximum atomic E-state index is 11.1. The maximum absolute atomic E-state index is 11.1. The van der Waals surface area contributed by atoms with Gasteiger partial charge in [0.15, 0.2) is 0 Å². The Morgan fingerprint density at radius 1 is 1.59 bits per heavy atom. The van der Waals surface area contributed by atoms with Crippen LogP contribution < -0.4 is 10.2 Å². The van der Waals surface area contributed by atoms with E-state index in [0.717, 1.165) is 25.3 Å². The average molecular weight is 255 g/mol. The number of aromatic nitrogens is 1. The van der Waals surface area contributed by atoms with Crippen LogP contribution in [-0.4, -0.2) is 35.1 Å². The molecule has 0 saturated carbocycles. The normalized spacial score (nSPS) is 26.2. The van der Waals surface area contributed by atoms with Gasteiger partial charge >= 0.3 is 4.87 Å². The number of nitrogens with one attached hydrogen (secondary N) is 2. The van der Waals surface area contributed by atoms with E-state index >= 15 is 0 Å². The predicted molar refractivity (Wildman–Crippen MR) is 71.5 cm³/mol. The van der Waals surface area contributed by atoms with Crippen molar-refractivity contribution < 1.29 is 0 Å². The monoisotopic (exact) mass is 255 g/mol. The van der Waals surface area contributed by atoms with Gasteiger partial charge in [0.1, 0.15) is 0 Å². The fraction of sp³-hybridized carbons (Fsp3) is 0.750. The topological polar surface area (TPSA) is 48.1 Å². The highest BCUT2D eigenvalue weighted by atomic mass is 32.1. The Morgan fingerprint density at radius 2 is 2.41 bits per heavy atom. The first-order valence-electron chi connectivity index (χ1n) is 6.33. The smallest absolute Gasteiger partial charge is 0.304 e. The molecular weight excluding hydrogens is 234 g/mol. The SMILES string of the molecule is CCCC1CN(Cc2csc(=O)[nH]2)C(C)CN1. The molecule has 0 amide bonds. The van der Waals surface area contributed by atoms with E-state index in [0.29, 0.717) is 12.1 Å². The summed E-state index contributed by atoms with van der Waals surface area (Å²) in [5.74, 6) is 0. The second kappa shape index (κ2) is 5.80. The van der Waals surface area contributed by atoms with Crippen molar-refractivity contribution >= 4 is 11.3 Å². The second-order valence-electron chi connectivity index (χ2n) is 4.85. The Bertz CT molecular complexity index is 400. The molecule has 1 aliphatic heterocycles. The summed E-state index contributed by atoms with van der Waals surface area (Å²) in [5.41, 5.74) is 1.05. The zero-order chi connectivity index (χ0) is 12.3. The molecule has 2 unspecified atom stereocenters. The van der Waals surface area contributed by atoms with Gasteiger partial charge in [-0.1, -0.05) is 24.7 Å². The van der Waals surface area contributed by atoms with Crippen molar-refractivity contribution in [3.63, 3.8) is 0 Å². The number of rotatable bonds is 4. The Balaban J connectivity index is 1.95. The van der Waals surface area contributed by atoms with E-state index < -0.39 is 0 Å². The van der Waals surface area contributed by atoms with Crippen molar-refractivity contribution in [1.29, 1.82) is 0 Å². The van der Waals surface area contributed by atoms with Crippen LogP contribution in [-0.2, 0) is 6.54 Å². The molecule has 0 bridgehead atoms. The quantitative estimate of drug-likeness (QED) is 0.855. The second-order valence-corrected chi connectivity index (χ2v) is 5.69. The highest BCUT2D eigenvalue weighted by Gasteiger charge is 2.24. The molecule has 0 aromatic carbocycles. The molecule has 1 aromatic rings. The summed E-state index contributed by atoms with van der Waals surface area (Å²) >= 11 is 1.25. The summed E-state index contributed by atoms with van der Waals surface area (Å²) in [5, 5.41) is 5.52. The third-order valence-electron chi connectivity index (χ3n) is 3.36. The van der Waals surface area contributed by atoms with Gasteiger partial charge < -0.3 is 10.3 Å². The molecule has 0 aliphatic carbocycles. The molecular formula is C12H21N3OS. The third-order valence-corrected chi connectivity index (χ3v) is 4.08. The van der Waals surface area contributed by atoms with Crippen LogP contribution in [0.4, 0.5) is 0 Å². The fourth-order valence-corrected chi connectivity index (χ4v) is 2.94. The van der Waals surface area contributed by atoms with E-state index in [1.54, 1.807) is 0 Å². The lowest BCUT2D eigenvalue weighted by atomic mass is 10.1. The van der Waals surface area contributed by atoms with Gasteiger partial charge in [-0.05, 0) is 13.3 Å². The lowest BCUT2D eigenvalue weighted by Gasteiger charge is -2.38. The first-order chi connectivity index (χ1) is 8.19. The van der Waals surface area contributed by atoms with E-state index in [1.165, 1.54) is 24.2 Å². The fourth-order valence-electron chi connectivity index (χ4n) is 2.37. The van der Waals surface area contributed by atoms with Crippen molar-refractivity contribution in [2.45, 2.75) is 45.3 Å². The minimum Gasteiger partial charge on any atom is -0.315 e. The number of piperazine rings is 1. The molecule has 0 spiro atoms. The summed E-state index contributed by atoms with van der Waals surface area (Å²) in [4.78, 5) is 16.5. The van der Waals surface area contributed by atoms with Crippen molar-refractivity contribution in [3.05, 3.63) is 20.7 Å². The Labute approximate surface area is 106 Å². The molecule has 2 N–H and O–H groups in total. The molecule has 96 valence electrons. The van der Waals surface area contributed by atoms with Gasteiger partial charge in [0.05, 0.1) is 0 Å². The van der Waals surface area contributed by atoms with E-state index in [4.69, 9.17) is 0 Å². The van der Waals surface area contributed by atoms with Gasteiger partial charge in [0.2, 0.25) is 0 Å². The van der Waals surface area contributed by atoms with Gasteiger partial charge in [0, 0.05) is 42.8 Å². The lowest BCUT2D eigenvalue weighted by Crippen LogP contribution is -2.54. The number of hydrogen-bond donors (Lipinski definition) is 2. The zero-order valence-corrected chi connectivity index (χ0v) is 11.3. The van der Waals surface area contributed by atoms with Crippen LogP contribution in [0.3, 0.4) is 0 Å². The summed E-state index contributed by atoms with van der Waals surface area (Å²) < 4.78 is 0. The van der Waals surface area contributed by atoms with E-state index in [2.05, 4.69) is 29.0 Å². The number of H-pyrrole nitrogens is 1. The zero-order valence-electron chi connectivity index (χ0n) is 10.5. The summed E-state index contributed by atoms with van der Waals surface area (Å²) in [7, 11) is 0. The Kier molecular flexibility index (Phi) is 4.36. The minimum atomic E-state index is 0.0490. The molecule has 0 radical (unpaired) electrons. The Hall–Kier alpha value is -0.650. The van der Waals surface area contributed by atoms with Gasteiger partial charge in [0.25, 0.3) is 0 Å². The lowest BCUT2D eigenvalue weighted by molar-refractivity contribution is 0.128. The average Bonchev–Trinajstić information content (AvgIpc) is 2.69. The van der Waals surface area contributed by atoms with E-state index in [1.807, 2.05) is 5.38 Å². The highest BCUT2D eigenvalue weighted by Crippen LogP contribution is 2.13. The number of thiazole rings is 1. The van der Waals surface area contributed by atoms with Crippen molar-refractivity contribution in [3.8, 4) is 0 Å². The van der Waals surface area contributed by atoms with Crippen molar-refractivity contribution in [1.82, 2.24) is 15.2 Å². The molecule has 2 rings (SSSR count).